The van der Waals surface area contributed by atoms with Gasteiger partial charge < -0.3 is 19.9 Å². The van der Waals surface area contributed by atoms with Crippen LogP contribution in [0.1, 0.15) is 37.0 Å². The van der Waals surface area contributed by atoms with E-state index in [1.165, 1.54) is 0 Å². The molecule has 6 heteroatoms. The van der Waals surface area contributed by atoms with Crippen LogP contribution in [0.3, 0.4) is 0 Å². The lowest BCUT2D eigenvalue weighted by atomic mass is 10.1. The van der Waals surface area contributed by atoms with Crippen LogP contribution in [0.2, 0.25) is 0 Å². The number of nitrogens with one attached hydrogen (secondary N) is 1. The molecule has 1 saturated heterocycles. The fourth-order valence-electron chi connectivity index (χ4n) is 2.59. The molecule has 1 aromatic carbocycles. The minimum atomic E-state index is -0.0572. The van der Waals surface area contributed by atoms with Gasteiger partial charge in [0.15, 0.2) is 0 Å². The molecule has 132 valence electrons. The molecular weight excluding hydrogens is 306 g/mol. The average molecular weight is 333 g/mol. The normalized spacial score (nSPS) is 14.4. The van der Waals surface area contributed by atoms with Gasteiger partial charge in [0.25, 0.3) is 5.91 Å². The van der Waals surface area contributed by atoms with Crippen molar-refractivity contribution in [1.82, 2.24) is 15.1 Å². The van der Waals surface area contributed by atoms with Crippen molar-refractivity contribution in [1.29, 1.82) is 0 Å². The van der Waals surface area contributed by atoms with Crippen LogP contribution in [0.5, 0.6) is 5.75 Å². The fourth-order valence-corrected chi connectivity index (χ4v) is 2.59. The molecule has 1 aromatic rings. The number of benzene rings is 1. The number of carbonyl (C=O) groups excluding carboxylic acids is 2. The largest absolute Gasteiger partial charge is 0.494 e. The Hall–Kier alpha value is -2.24. The number of hydrogen-bond acceptors (Lipinski definition) is 3. The van der Waals surface area contributed by atoms with E-state index in [2.05, 4.69) is 12.2 Å². The SMILES string of the molecule is CCCCOc1ccc(C(=O)N2CCN(C(=O)NCC)CC2)cc1. The number of carbonyl (C=O) groups is 2. The molecule has 0 bridgehead atoms. The Balaban J connectivity index is 1.85. The third kappa shape index (κ3) is 4.88. The van der Waals surface area contributed by atoms with Crippen LogP contribution in [-0.4, -0.2) is 61.1 Å². The van der Waals surface area contributed by atoms with Gasteiger partial charge in [0.05, 0.1) is 6.61 Å². The maximum atomic E-state index is 12.5. The number of ether oxygens (including phenoxy) is 1. The van der Waals surface area contributed by atoms with Gasteiger partial charge in [0.2, 0.25) is 0 Å². The highest BCUT2D eigenvalue weighted by atomic mass is 16.5. The van der Waals surface area contributed by atoms with Crippen molar-refractivity contribution in [3.63, 3.8) is 0 Å². The van der Waals surface area contributed by atoms with Gasteiger partial charge in [-0.25, -0.2) is 4.79 Å². The zero-order valence-corrected chi connectivity index (χ0v) is 14.6. The van der Waals surface area contributed by atoms with Gasteiger partial charge in [-0.3, -0.25) is 4.79 Å². The summed E-state index contributed by atoms with van der Waals surface area (Å²) in [5.74, 6) is 0.798. The number of rotatable bonds is 6. The van der Waals surface area contributed by atoms with Crippen molar-refractivity contribution in [3.05, 3.63) is 29.8 Å². The summed E-state index contributed by atoms with van der Waals surface area (Å²) in [5, 5.41) is 2.79. The number of piperazine rings is 1. The molecule has 0 atom stereocenters. The first kappa shape index (κ1) is 18.1. The van der Waals surface area contributed by atoms with Crippen molar-refractivity contribution >= 4 is 11.9 Å². The van der Waals surface area contributed by atoms with E-state index in [1.807, 2.05) is 19.1 Å². The van der Waals surface area contributed by atoms with Gasteiger partial charge in [-0.2, -0.15) is 0 Å². The summed E-state index contributed by atoms with van der Waals surface area (Å²) in [6.07, 6.45) is 2.12. The van der Waals surface area contributed by atoms with Crippen LogP contribution in [0.15, 0.2) is 24.3 Å². The van der Waals surface area contributed by atoms with Gasteiger partial charge in [-0.15, -0.1) is 0 Å². The Morgan fingerprint density at radius 1 is 1.04 bits per heavy atom. The monoisotopic (exact) mass is 333 g/mol. The van der Waals surface area contributed by atoms with Gasteiger partial charge in [0.1, 0.15) is 5.75 Å². The van der Waals surface area contributed by atoms with Crippen LogP contribution in [-0.2, 0) is 0 Å². The lowest BCUT2D eigenvalue weighted by Gasteiger charge is -2.34. The Morgan fingerprint density at radius 3 is 2.25 bits per heavy atom. The van der Waals surface area contributed by atoms with Crippen LogP contribution < -0.4 is 10.1 Å². The van der Waals surface area contributed by atoms with E-state index < -0.39 is 0 Å². The summed E-state index contributed by atoms with van der Waals surface area (Å²) < 4.78 is 5.61. The Morgan fingerprint density at radius 2 is 1.67 bits per heavy atom. The number of nitrogens with zero attached hydrogens (tertiary/aromatic N) is 2. The molecule has 0 aromatic heterocycles. The van der Waals surface area contributed by atoms with Crippen LogP contribution >= 0.6 is 0 Å². The molecule has 1 aliphatic heterocycles. The van der Waals surface area contributed by atoms with E-state index in [1.54, 1.807) is 21.9 Å². The molecule has 2 rings (SSSR count). The molecule has 0 unspecified atom stereocenters. The third-order valence-corrected chi connectivity index (χ3v) is 4.05. The molecule has 6 nitrogen and oxygen atoms in total. The number of urea groups is 1. The van der Waals surface area contributed by atoms with E-state index in [4.69, 9.17) is 4.74 Å². The van der Waals surface area contributed by atoms with Crippen molar-refractivity contribution in [3.8, 4) is 5.75 Å². The summed E-state index contributed by atoms with van der Waals surface area (Å²) in [5.41, 5.74) is 0.657. The van der Waals surface area contributed by atoms with E-state index in [0.29, 0.717) is 44.9 Å². The molecule has 3 amide bonds. The highest BCUT2D eigenvalue weighted by Crippen LogP contribution is 2.15. The summed E-state index contributed by atoms with van der Waals surface area (Å²) >= 11 is 0. The Kier molecular flexibility index (Phi) is 6.90. The molecular formula is C18H27N3O3. The second kappa shape index (κ2) is 9.15. The highest BCUT2D eigenvalue weighted by Gasteiger charge is 2.24. The summed E-state index contributed by atoms with van der Waals surface area (Å²) in [6, 6.07) is 7.24. The Labute approximate surface area is 143 Å². The Bertz CT molecular complexity index is 537. The minimum Gasteiger partial charge on any atom is -0.494 e. The lowest BCUT2D eigenvalue weighted by molar-refractivity contribution is 0.0665. The average Bonchev–Trinajstić information content (AvgIpc) is 2.62. The fraction of sp³-hybridized carbons (Fsp3) is 0.556. The van der Waals surface area contributed by atoms with Crippen molar-refractivity contribution in [2.24, 2.45) is 0 Å². The predicted molar refractivity (Wildman–Crippen MR) is 93.4 cm³/mol. The van der Waals surface area contributed by atoms with Crippen LogP contribution in [0.4, 0.5) is 4.79 Å². The van der Waals surface area contributed by atoms with E-state index in [0.717, 1.165) is 18.6 Å². The van der Waals surface area contributed by atoms with E-state index in [9.17, 15) is 9.59 Å². The zero-order valence-electron chi connectivity index (χ0n) is 14.6. The lowest BCUT2D eigenvalue weighted by Crippen LogP contribution is -2.53. The van der Waals surface area contributed by atoms with Crippen molar-refractivity contribution in [2.75, 3.05) is 39.3 Å². The molecule has 24 heavy (non-hydrogen) atoms. The first-order valence-electron chi connectivity index (χ1n) is 8.70. The van der Waals surface area contributed by atoms with Gasteiger partial charge in [0, 0.05) is 38.3 Å². The highest BCUT2D eigenvalue weighted by molar-refractivity contribution is 5.94. The van der Waals surface area contributed by atoms with Crippen molar-refractivity contribution < 1.29 is 14.3 Å². The van der Waals surface area contributed by atoms with Gasteiger partial charge in [-0.1, -0.05) is 13.3 Å². The van der Waals surface area contributed by atoms with Crippen molar-refractivity contribution in [2.45, 2.75) is 26.7 Å². The number of unbranched alkanes of at least 4 members (excludes halogenated alkanes) is 1. The zero-order chi connectivity index (χ0) is 17.4. The third-order valence-electron chi connectivity index (χ3n) is 4.05. The molecule has 0 aliphatic carbocycles. The second-order valence-electron chi connectivity index (χ2n) is 5.84. The summed E-state index contributed by atoms with van der Waals surface area (Å²) in [4.78, 5) is 27.9. The quantitative estimate of drug-likeness (QED) is 0.813. The first-order valence-corrected chi connectivity index (χ1v) is 8.70. The van der Waals surface area contributed by atoms with E-state index in [-0.39, 0.29) is 11.9 Å². The van der Waals surface area contributed by atoms with E-state index >= 15 is 0 Å². The first-order chi connectivity index (χ1) is 11.7. The maximum absolute atomic E-state index is 12.5. The molecule has 1 N–H and O–H groups in total. The number of amides is 3. The topological polar surface area (TPSA) is 61.9 Å². The van der Waals surface area contributed by atoms with Gasteiger partial charge >= 0.3 is 6.03 Å². The van der Waals surface area contributed by atoms with Crippen LogP contribution in [0.25, 0.3) is 0 Å². The second-order valence-corrected chi connectivity index (χ2v) is 5.84. The standard InChI is InChI=1S/C18H27N3O3/c1-3-5-14-24-16-8-6-15(7-9-16)17(22)20-10-12-21(13-11-20)18(23)19-4-2/h6-9H,3-5,10-14H2,1-2H3,(H,19,23). The molecule has 0 saturated carbocycles. The number of hydrogen-bond donors (Lipinski definition) is 1. The molecule has 1 fully saturated rings. The molecule has 1 aliphatic rings. The maximum Gasteiger partial charge on any atom is 0.317 e. The van der Waals surface area contributed by atoms with Crippen LogP contribution in [0, 0.1) is 0 Å². The predicted octanol–water partition coefficient (Wildman–Crippen LogP) is 2.35. The summed E-state index contributed by atoms with van der Waals surface area (Å²) in [7, 11) is 0. The molecule has 0 spiro atoms. The molecule has 1 heterocycles. The summed E-state index contributed by atoms with van der Waals surface area (Å²) in [6.45, 7) is 7.58. The smallest absolute Gasteiger partial charge is 0.317 e. The molecule has 0 radical (unpaired) electrons. The van der Waals surface area contributed by atoms with Gasteiger partial charge in [-0.05, 0) is 37.6 Å². The minimum absolute atomic E-state index is 0.00524.